The van der Waals surface area contributed by atoms with Crippen LogP contribution in [0.3, 0.4) is 0 Å². The van der Waals surface area contributed by atoms with Crippen LogP contribution in [0.15, 0.2) is 48.5 Å². The highest BCUT2D eigenvalue weighted by Crippen LogP contribution is 2.30. The molecule has 2 unspecified atom stereocenters. The van der Waals surface area contributed by atoms with Gasteiger partial charge in [0, 0.05) is 25.7 Å². The van der Waals surface area contributed by atoms with Gasteiger partial charge in [-0.2, -0.15) is 0 Å². The first-order chi connectivity index (χ1) is 15.1. The van der Waals surface area contributed by atoms with Gasteiger partial charge in [-0.3, -0.25) is 9.80 Å². The molecule has 2 fully saturated rings. The number of ether oxygens (including phenoxy) is 3. The average Bonchev–Trinajstić information content (AvgIpc) is 2.78. The van der Waals surface area contributed by atoms with Gasteiger partial charge in [0.2, 0.25) is 0 Å². The second-order valence-corrected chi connectivity index (χ2v) is 8.98. The van der Waals surface area contributed by atoms with Gasteiger partial charge in [-0.25, -0.2) is 0 Å². The van der Waals surface area contributed by atoms with Crippen LogP contribution >= 0.6 is 0 Å². The highest BCUT2D eigenvalue weighted by molar-refractivity contribution is 5.43. The third-order valence-electron chi connectivity index (χ3n) is 6.39. The van der Waals surface area contributed by atoms with Crippen molar-refractivity contribution >= 4 is 0 Å². The number of piperidine rings is 1. The lowest BCUT2D eigenvalue weighted by Crippen LogP contribution is -2.53. The van der Waals surface area contributed by atoms with Crippen molar-refractivity contribution in [2.24, 2.45) is 0 Å². The first-order valence-electron chi connectivity index (χ1n) is 11.6. The zero-order chi connectivity index (χ0) is 21.6. The Labute approximate surface area is 186 Å². The van der Waals surface area contributed by atoms with Gasteiger partial charge in [0.05, 0.1) is 19.3 Å². The summed E-state index contributed by atoms with van der Waals surface area (Å²) in [7, 11) is 1.70. The van der Waals surface area contributed by atoms with Crippen LogP contribution in [0.25, 0.3) is 0 Å². The second kappa shape index (κ2) is 10.5. The third-order valence-corrected chi connectivity index (χ3v) is 6.39. The van der Waals surface area contributed by atoms with Crippen LogP contribution in [-0.2, 0) is 17.9 Å². The monoisotopic (exact) mass is 424 g/mol. The van der Waals surface area contributed by atoms with Crippen LogP contribution in [0, 0.1) is 0 Å². The molecule has 2 aliphatic heterocycles. The fraction of sp³-hybridized carbons (Fsp3) is 0.538. The molecule has 0 N–H and O–H groups in total. The van der Waals surface area contributed by atoms with Crippen molar-refractivity contribution in [2.45, 2.75) is 58.1 Å². The summed E-state index contributed by atoms with van der Waals surface area (Å²) in [6.45, 7) is 10.3. The van der Waals surface area contributed by atoms with E-state index in [4.69, 9.17) is 14.2 Å². The van der Waals surface area contributed by atoms with Gasteiger partial charge in [0.15, 0.2) is 11.5 Å². The minimum Gasteiger partial charge on any atom is -0.493 e. The maximum Gasteiger partial charge on any atom is 0.161 e. The molecular weight excluding hydrogens is 388 g/mol. The number of rotatable bonds is 7. The van der Waals surface area contributed by atoms with Crippen LogP contribution < -0.4 is 9.47 Å². The van der Waals surface area contributed by atoms with Crippen molar-refractivity contribution in [1.29, 1.82) is 0 Å². The zero-order valence-corrected chi connectivity index (χ0v) is 19.1. The summed E-state index contributed by atoms with van der Waals surface area (Å²) >= 11 is 0. The van der Waals surface area contributed by atoms with Crippen molar-refractivity contribution in [3.05, 3.63) is 59.7 Å². The Hall–Kier alpha value is -2.08. The number of benzene rings is 2. The smallest absolute Gasteiger partial charge is 0.161 e. The van der Waals surface area contributed by atoms with Crippen molar-refractivity contribution in [3.8, 4) is 11.5 Å². The van der Waals surface area contributed by atoms with Gasteiger partial charge in [-0.1, -0.05) is 36.4 Å². The Balaban J connectivity index is 1.32. The van der Waals surface area contributed by atoms with E-state index in [1.54, 1.807) is 7.11 Å². The maximum atomic E-state index is 6.10. The van der Waals surface area contributed by atoms with E-state index in [-0.39, 0.29) is 0 Å². The molecule has 4 rings (SSSR count). The highest BCUT2D eigenvalue weighted by atomic mass is 16.5. The Morgan fingerprint density at radius 3 is 2.29 bits per heavy atom. The van der Waals surface area contributed by atoms with Gasteiger partial charge in [0.1, 0.15) is 6.61 Å². The van der Waals surface area contributed by atoms with Crippen LogP contribution in [0.5, 0.6) is 11.5 Å². The summed E-state index contributed by atoms with van der Waals surface area (Å²) in [5, 5.41) is 0. The number of hydrogen-bond donors (Lipinski definition) is 0. The summed E-state index contributed by atoms with van der Waals surface area (Å²) in [4.78, 5) is 5.21. The van der Waals surface area contributed by atoms with Crippen molar-refractivity contribution in [2.75, 3.05) is 33.3 Å². The molecule has 2 aromatic carbocycles. The molecule has 168 valence electrons. The first-order valence-corrected chi connectivity index (χ1v) is 11.6. The maximum absolute atomic E-state index is 6.10. The topological polar surface area (TPSA) is 34.2 Å². The molecule has 2 aromatic rings. The van der Waals surface area contributed by atoms with Gasteiger partial charge >= 0.3 is 0 Å². The summed E-state index contributed by atoms with van der Waals surface area (Å²) in [6.07, 6.45) is 3.14. The van der Waals surface area contributed by atoms with Gasteiger partial charge in [-0.05, 0) is 63.0 Å². The van der Waals surface area contributed by atoms with Crippen LogP contribution in [0.4, 0.5) is 0 Å². The molecule has 0 spiro atoms. The van der Waals surface area contributed by atoms with Crippen LogP contribution in [0.2, 0.25) is 0 Å². The van der Waals surface area contributed by atoms with Crippen molar-refractivity contribution in [3.63, 3.8) is 0 Å². The van der Waals surface area contributed by atoms with Crippen LogP contribution in [0.1, 0.15) is 37.8 Å². The predicted octanol–water partition coefficient (Wildman–Crippen LogP) is 4.35. The first kappa shape index (κ1) is 22.1. The Bertz CT molecular complexity index is 811. The minimum absolute atomic E-state index is 0.343. The number of hydrogen-bond acceptors (Lipinski definition) is 5. The number of nitrogens with zero attached hydrogens (tertiary/aromatic N) is 2. The number of methoxy groups -OCH3 is 1. The molecule has 2 heterocycles. The molecule has 2 saturated heterocycles. The summed E-state index contributed by atoms with van der Waals surface area (Å²) in [5.74, 6) is 1.60. The SMILES string of the molecule is COc1ccc(CN2CCC(N3CC(C)OC(C)C3)CC2)cc1OCc1ccccc1. The van der Waals surface area contributed by atoms with Gasteiger partial charge in [0.25, 0.3) is 0 Å². The highest BCUT2D eigenvalue weighted by Gasteiger charge is 2.30. The van der Waals surface area contributed by atoms with Crippen molar-refractivity contribution in [1.82, 2.24) is 9.80 Å². The van der Waals surface area contributed by atoms with Crippen molar-refractivity contribution < 1.29 is 14.2 Å². The van der Waals surface area contributed by atoms with E-state index in [1.807, 2.05) is 24.3 Å². The molecule has 0 amide bonds. The van der Waals surface area contributed by atoms with E-state index in [0.29, 0.717) is 24.9 Å². The molecular formula is C26H36N2O3. The van der Waals surface area contributed by atoms with E-state index in [2.05, 4.69) is 47.9 Å². The lowest BCUT2D eigenvalue weighted by atomic mass is 10.0. The second-order valence-electron chi connectivity index (χ2n) is 8.98. The molecule has 0 aromatic heterocycles. The molecule has 0 radical (unpaired) electrons. The third kappa shape index (κ3) is 6.00. The number of morpholine rings is 1. The predicted molar refractivity (Wildman–Crippen MR) is 124 cm³/mol. The standard InChI is InChI=1S/C26H36N2O3/c1-20-16-28(17-21(2)31-20)24-11-13-27(14-12-24)18-23-9-10-25(29-3)26(15-23)30-19-22-7-5-4-6-8-22/h4-10,15,20-21,24H,11-14,16-19H2,1-3H3. The Morgan fingerprint density at radius 2 is 1.61 bits per heavy atom. The Kier molecular flexibility index (Phi) is 7.49. The quantitative estimate of drug-likeness (QED) is 0.660. The van der Waals surface area contributed by atoms with Gasteiger partial charge in [-0.15, -0.1) is 0 Å². The van der Waals surface area contributed by atoms with E-state index in [9.17, 15) is 0 Å². The lowest BCUT2D eigenvalue weighted by Gasteiger charge is -2.43. The molecule has 0 saturated carbocycles. The normalized spacial score (nSPS) is 23.6. The van der Waals surface area contributed by atoms with Gasteiger partial charge < -0.3 is 14.2 Å². The molecule has 2 aliphatic rings. The summed E-state index contributed by atoms with van der Waals surface area (Å²) in [6, 6.07) is 17.3. The molecule has 2 atom stereocenters. The largest absolute Gasteiger partial charge is 0.493 e. The number of likely N-dealkylation sites (tertiary alicyclic amines) is 1. The molecule has 31 heavy (non-hydrogen) atoms. The molecule has 0 aliphatic carbocycles. The molecule has 5 heteroatoms. The Morgan fingerprint density at radius 1 is 0.903 bits per heavy atom. The zero-order valence-electron chi connectivity index (χ0n) is 19.1. The molecule has 5 nitrogen and oxygen atoms in total. The van der Waals surface area contributed by atoms with E-state index in [0.717, 1.165) is 49.8 Å². The van der Waals surface area contributed by atoms with Crippen LogP contribution in [-0.4, -0.2) is 61.3 Å². The van der Waals surface area contributed by atoms with E-state index in [1.165, 1.54) is 18.4 Å². The molecule has 0 bridgehead atoms. The fourth-order valence-corrected chi connectivity index (χ4v) is 4.88. The van der Waals surface area contributed by atoms with E-state index >= 15 is 0 Å². The average molecular weight is 425 g/mol. The minimum atomic E-state index is 0.343. The fourth-order valence-electron chi connectivity index (χ4n) is 4.88. The summed E-state index contributed by atoms with van der Waals surface area (Å²) < 4.78 is 17.5. The summed E-state index contributed by atoms with van der Waals surface area (Å²) in [5.41, 5.74) is 2.43. The van der Waals surface area contributed by atoms with E-state index < -0.39 is 0 Å². The lowest BCUT2D eigenvalue weighted by molar-refractivity contribution is -0.0865.